The zero-order chi connectivity index (χ0) is 31.6. The number of rotatable bonds is 4. The molecule has 0 fully saturated rings. The van der Waals surface area contributed by atoms with Crippen molar-refractivity contribution in [1.29, 1.82) is 0 Å². The fraction of sp³-hybridized carbons (Fsp3) is 0.195. The normalized spacial score (nSPS) is 11.2. The maximum absolute atomic E-state index is 4.60. The third kappa shape index (κ3) is 7.80. The first-order valence-electron chi connectivity index (χ1n) is 15.3. The van der Waals surface area contributed by atoms with Gasteiger partial charge in [-0.3, -0.25) is 0 Å². The topological polar surface area (TPSA) is 38.7 Å². The second kappa shape index (κ2) is 14.4. The van der Waals surface area contributed by atoms with Gasteiger partial charge < -0.3 is 4.98 Å². The summed E-state index contributed by atoms with van der Waals surface area (Å²) < 4.78 is 2.79. The molecule has 0 aliphatic carbocycles. The van der Waals surface area contributed by atoms with Crippen molar-refractivity contribution >= 4 is 33.8 Å². The molecule has 0 bridgehead atoms. The molecule has 0 N–H and O–H groups in total. The molecule has 233 valence electrons. The van der Waals surface area contributed by atoms with Gasteiger partial charge in [0.15, 0.2) is 0 Å². The molecule has 7 rings (SSSR count). The van der Waals surface area contributed by atoms with Crippen molar-refractivity contribution in [2.45, 2.75) is 48.0 Å². The fourth-order valence-corrected chi connectivity index (χ4v) is 7.65. The van der Waals surface area contributed by atoms with Gasteiger partial charge in [-0.25, -0.2) is 0 Å². The number of fused-ring (bicyclic) bond motifs is 3. The predicted molar refractivity (Wildman–Crippen MR) is 190 cm³/mol. The van der Waals surface area contributed by atoms with Crippen LogP contribution < -0.4 is 0 Å². The Labute approximate surface area is 292 Å². The summed E-state index contributed by atoms with van der Waals surface area (Å²) in [5.74, 6) is 0. The van der Waals surface area contributed by atoms with Crippen molar-refractivity contribution in [3.8, 4) is 33.8 Å². The van der Waals surface area contributed by atoms with Crippen LogP contribution in [0.15, 0.2) is 104 Å². The molecule has 1 radical (unpaired) electrons. The summed E-state index contributed by atoms with van der Waals surface area (Å²) in [4.78, 5) is 13.4. The molecule has 0 aliphatic heterocycles. The Bertz CT molecular complexity index is 2090. The number of aryl methyl sites for hydroxylation is 3. The Hall–Kier alpha value is -3.72. The van der Waals surface area contributed by atoms with Gasteiger partial charge in [-0.15, -0.1) is 29.3 Å². The molecule has 4 heterocycles. The van der Waals surface area contributed by atoms with E-state index in [4.69, 9.17) is 0 Å². The third-order valence-electron chi connectivity index (χ3n) is 7.92. The molecule has 3 aromatic carbocycles. The third-order valence-corrected chi connectivity index (χ3v) is 10.3. The van der Waals surface area contributed by atoms with Gasteiger partial charge >= 0.3 is 116 Å². The molecule has 5 heteroatoms. The van der Waals surface area contributed by atoms with Crippen molar-refractivity contribution < 1.29 is 20.1 Å². The van der Waals surface area contributed by atoms with Crippen molar-refractivity contribution in [3.05, 3.63) is 138 Å². The van der Waals surface area contributed by atoms with Gasteiger partial charge in [-0.05, 0) is 48.1 Å². The molecule has 0 spiro atoms. The van der Waals surface area contributed by atoms with Crippen molar-refractivity contribution in [1.82, 2.24) is 15.0 Å². The van der Waals surface area contributed by atoms with Gasteiger partial charge in [0.2, 0.25) is 0 Å². The number of aromatic nitrogens is 3. The Balaban J connectivity index is 0.000000185. The van der Waals surface area contributed by atoms with Gasteiger partial charge in [0.25, 0.3) is 0 Å². The number of nitrogens with zero attached hydrogens (tertiary/aromatic N) is 3. The first-order valence-corrected chi connectivity index (χ1v) is 17.0. The van der Waals surface area contributed by atoms with Crippen LogP contribution >= 0.6 is 0 Å². The van der Waals surface area contributed by atoms with E-state index in [-0.39, 0.29) is 20.1 Å². The van der Waals surface area contributed by atoms with Crippen LogP contribution in [0.5, 0.6) is 0 Å². The van der Waals surface area contributed by atoms with E-state index in [9.17, 15) is 0 Å². The molecule has 0 saturated heterocycles. The van der Waals surface area contributed by atoms with Gasteiger partial charge in [0, 0.05) is 26.3 Å². The molecule has 46 heavy (non-hydrogen) atoms. The Kier molecular flexibility index (Phi) is 10.5. The van der Waals surface area contributed by atoms with Gasteiger partial charge in [0.05, 0.1) is 0 Å². The van der Waals surface area contributed by atoms with Crippen LogP contribution in [0.25, 0.3) is 53.1 Å². The van der Waals surface area contributed by atoms with Crippen LogP contribution in [-0.2, 0) is 26.5 Å². The molecular formula is C41H37IrN3Se-2. The fourth-order valence-electron chi connectivity index (χ4n) is 5.43. The van der Waals surface area contributed by atoms with E-state index >= 15 is 0 Å². The van der Waals surface area contributed by atoms with E-state index in [1.165, 1.54) is 52.7 Å². The number of hydrogen-bond donors (Lipinski definition) is 0. The molecule has 3 nitrogen and oxygen atoms in total. The summed E-state index contributed by atoms with van der Waals surface area (Å²) in [5.41, 5.74) is 11.6. The average molecular weight is 843 g/mol. The van der Waals surface area contributed by atoms with E-state index in [2.05, 4.69) is 141 Å². The minimum atomic E-state index is 0. The molecular weight excluding hydrogens is 806 g/mol. The average Bonchev–Trinajstić information content (AvgIpc) is 3.41. The summed E-state index contributed by atoms with van der Waals surface area (Å²) in [6.45, 7) is 13.2. The summed E-state index contributed by atoms with van der Waals surface area (Å²) in [7, 11) is 0. The van der Waals surface area contributed by atoms with Crippen molar-refractivity contribution in [3.63, 3.8) is 0 Å². The first-order chi connectivity index (χ1) is 21.6. The van der Waals surface area contributed by atoms with Crippen LogP contribution in [0, 0.1) is 38.3 Å². The summed E-state index contributed by atoms with van der Waals surface area (Å²) in [6.07, 6.45) is 6.80. The van der Waals surface area contributed by atoms with Crippen LogP contribution in [-0.4, -0.2) is 29.5 Å². The van der Waals surface area contributed by atoms with E-state index in [1.54, 1.807) is 6.20 Å². The van der Waals surface area contributed by atoms with E-state index < -0.39 is 0 Å². The SMILES string of the molecule is Cc1cnc(-c2[c-]cc(C)c(-c3ccc(CC(C)(C)C)cc3)c2)cc1C.[Ir].[c-]1cccnc1-c1cc2c(cn1)[se]c1ccccc12. The number of hydrogen-bond acceptors (Lipinski definition) is 3. The second-order valence-electron chi connectivity index (χ2n) is 12.8. The monoisotopic (exact) mass is 844 g/mol. The number of benzene rings is 3. The maximum atomic E-state index is 4.60. The zero-order valence-corrected chi connectivity index (χ0v) is 31.2. The second-order valence-corrected chi connectivity index (χ2v) is 15.1. The standard InChI is InChI=1S/C25H28N.C16H9N2Se.Ir/c1-17-7-10-22(24-13-18(2)19(3)16-26-24)14-23(17)21-11-8-20(9-12-21)15-25(4,5)6;1-2-7-15-11(5-1)12-9-14(18-10-16(12)19-15)13-6-3-4-8-17-13;/h7-9,11-14,16H,15H2,1-6H3;1-5,7-10H;/q2*-1;. The van der Waals surface area contributed by atoms with E-state index in [1.807, 2.05) is 24.5 Å². The minimum absolute atomic E-state index is 0. The Morgan fingerprint density at radius 1 is 0.696 bits per heavy atom. The zero-order valence-electron chi connectivity index (χ0n) is 27.1. The quantitative estimate of drug-likeness (QED) is 0.131. The first kappa shape index (κ1) is 33.6. The summed E-state index contributed by atoms with van der Waals surface area (Å²) >= 11 is 0.380. The summed E-state index contributed by atoms with van der Waals surface area (Å²) in [5, 5.41) is 2.65. The van der Waals surface area contributed by atoms with Crippen molar-refractivity contribution in [2.75, 3.05) is 0 Å². The molecule has 0 saturated carbocycles. The molecule has 0 amide bonds. The Morgan fingerprint density at radius 3 is 2.17 bits per heavy atom. The van der Waals surface area contributed by atoms with Gasteiger partial charge in [0.1, 0.15) is 0 Å². The van der Waals surface area contributed by atoms with Crippen LogP contribution in [0.2, 0.25) is 0 Å². The molecule has 7 aromatic rings. The van der Waals surface area contributed by atoms with Crippen LogP contribution in [0.3, 0.4) is 0 Å². The molecule has 4 aromatic heterocycles. The predicted octanol–water partition coefficient (Wildman–Crippen LogP) is 10.0. The molecule has 0 aliphatic rings. The van der Waals surface area contributed by atoms with E-state index in [0.717, 1.165) is 29.1 Å². The number of pyridine rings is 3. The molecule has 0 unspecified atom stereocenters. The van der Waals surface area contributed by atoms with Crippen molar-refractivity contribution in [2.24, 2.45) is 5.41 Å². The summed E-state index contributed by atoms with van der Waals surface area (Å²) in [6, 6.07) is 36.4. The van der Waals surface area contributed by atoms with E-state index in [0.29, 0.717) is 19.9 Å². The Morgan fingerprint density at radius 2 is 1.46 bits per heavy atom. The van der Waals surface area contributed by atoms with Gasteiger partial charge in [-0.1, -0.05) is 69.2 Å². The van der Waals surface area contributed by atoms with Gasteiger partial charge in [-0.2, -0.15) is 0 Å². The van der Waals surface area contributed by atoms with Crippen LogP contribution in [0.4, 0.5) is 0 Å². The molecule has 0 atom stereocenters. The van der Waals surface area contributed by atoms with Crippen LogP contribution in [0.1, 0.15) is 43.0 Å².